The molecule has 0 saturated carbocycles. The molecule has 0 radical (unpaired) electrons. The summed E-state index contributed by atoms with van der Waals surface area (Å²) in [5, 5.41) is 9.62. The van der Waals surface area contributed by atoms with Gasteiger partial charge in [-0.05, 0) is 31.5 Å². The third-order valence-corrected chi connectivity index (χ3v) is 3.67. The van der Waals surface area contributed by atoms with Gasteiger partial charge in [0.05, 0.1) is 10.9 Å². The second-order valence-electron chi connectivity index (χ2n) is 4.76. The number of benzene rings is 1. The maximum Gasteiger partial charge on any atom is 0.307 e. The maximum absolute atomic E-state index is 11.0. The molecule has 0 unspecified atom stereocenters. The molecular weight excluding hydrogens is 266 g/mol. The Kier molecular flexibility index (Phi) is 5.05. The molecule has 1 fully saturated rings. The van der Waals surface area contributed by atoms with Gasteiger partial charge in [0.15, 0.2) is 0 Å². The van der Waals surface area contributed by atoms with Gasteiger partial charge in [-0.3, -0.25) is 9.69 Å². The van der Waals surface area contributed by atoms with E-state index in [0.29, 0.717) is 23.9 Å². The highest BCUT2D eigenvalue weighted by Crippen LogP contribution is 2.23. The van der Waals surface area contributed by atoms with Gasteiger partial charge in [-0.2, -0.15) is 0 Å². The van der Waals surface area contributed by atoms with Gasteiger partial charge in [-0.1, -0.05) is 23.7 Å². The van der Waals surface area contributed by atoms with Crippen molar-refractivity contribution in [3.8, 4) is 5.75 Å². The quantitative estimate of drug-likeness (QED) is 0.902. The number of piperidine rings is 1. The highest BCUT2D eigenvalue weighted by molar-refractivity contribution is 6.32. The number of halogens is 1. The summed E-state index contributed by atoms with van der Waals surface area (Å²) in [6.07, 6.45) is 1.71. The zero-order chi connectivity index (χ0) is 13.7. The zero-order valence-electron chi connectivity index (χ0n) is 10.7. The Morgan fingerprint density at radius 1 is 1.47 bits per heavy atom. The minimum Gasteiger partial charge on any atom is -0.491 e. The Balaban J connectivity index is 1.77. The molecule has 4 nitrogen and oxygen atoms in total. The number of nitrogens with zero attached hydrogens (tertiary/aromatic N) is 1. The second-order valence-corrected chi connectivity index (χ2v) is 5.16. The number of hydrogen-bond acceptors (Lipinski definition) is 3. The van der Waals surface area contributed by atoms with Gasteiger partial charge in [0.1, 0.15) is 12.4 Å². The van der Waals surface area contributed by atoms with Crippen LogP contribution in [0.5, 0.6) is 5.75 Å². The molecule has 5 heteroatoms. The number of rotatable bonds is 5. The average Bonchev–Trinajstić information content (AvgIpc) is 2.41. The van der Waals surface area contributed by atoms with Crippen LogP contribution in [0.15, 0.2) is 24.3 Å². The predicted molar refractivity (Wildman–Crippen MR) is 73.7 cm³/mol. The first-order valence-electron chi connectivity index (χ1n) is 6.49. The summed E-state index contributed by atoms with van der Waals surface area (Å²) in [5.41, 5.74) is 0. The summed E-state index contributed by atoms with van der Waals surface area (Å²) >= 11 is 5.99. The van der Waals surface area contributed by atoms with Crippen LogP contribution < -0.4 is 4.74 Å². The molecule has 104 valence electrons. The Hall–Kier alpha value is -1.26. The van der Waals surface area contributed by atoms with E-state index in [2.05, 4.69) is 4.90 Å². The summed E-state index contributed by atoms with van der Waals surface area (Å²) in [6, 6.07) is 7.36. The third-order valence-electron chi connectivity index (χ3n) is 3.36. The first-order chi connectivity index (χ1) is 9.16. The first-order valence-corrected chi connectivity index (χ1v) is 6.87. The Bertz CT molecular complexity index is 438. The monoisotopic (exact) mass is 283 g/mol. The molecule has 1 aliphatic rings. The number of likely N-dealkylation sites (tertiary alicyclic amines) is 1. The van der Waals surface area contributed by atoms with Crippen LogP contribution >= 0.6 is 11.6 Å². The number of carbonyl (C=O) groups is 1. The molecule has 0 spiro atoms. The Morgan fingerprint density at radius 3 is 3.00 bits per heavy atom. The minimum absolute atomic E-state index is 0.242. The van der Waals surface area contributed by atoms with Crippen LogP contribution in [0.25, 0.3) is 0 Å². The van der Waals surface area contributed by atoms with Crippen LogP contribution in [-0.4, -0.2) is 42.2 Å². The van der Waals surface area contributed by atoms with Crippen LogP contribution in [0.2, 0.25) is 5.02 Å². The topological polar surface area (TPSA) is 49.8 Å². The summed E-state index contributed by atoms with van der Waals surface area (Å²) < 4.78 is 5.61. The SMILES string of the molecule is O=C(O)[C@@H]1CCCN(CCOc2ccccc2Cl)C1. The largest absolute Gasteiger partial charge is 0.491 e. The standard InChI is InChI=1S/C14H18ClNO3/c15-12-5-1-2-6-13(12)19-9-8-16-7-3-4-11(10-16)14(17)18/h1-2,5-6,11H,3-4,7-10H2,(H,17,18)/t11-/m1/s1. The molecule has 0 amide bonds. The summed E-state index contributed by atoms with van der Waals surface area (Å²) in [4.78, 5) is 13.1. The normalized spacial score (nSPS) is 20.2. The second kappa shape index (κ2) is 6.78. The maximum atomic E-state index is 11.0. The fourth-order valence-electron chi connectivity index (χ4n) is 2.31. The number of carboxylic acid groups (broad SMARTS) is 1. The number of para-hydroxylation sites is 1. The predicted octanol–water partition coefficient (Wildman–Crippen LogP) is 2.52. The average molecular weight is 284 g/mol. The third kappa shape index (κ3) is 4.11. The summed E-state index contributed by atoms with van der Waals surface area (Å²) in [5.74, 6) is -0.262. The van der Waals surface area contributed by atoms with Crippen molar-refractivity contribution in [1.82, 2.24) is 4.90 Å². The van der Waals surface area contributed by atoms with Gasteiger partial charge < -0.3 is 9.84 Å². The van der Waals surface area contributed by atoms with E-state index in [4.69, 9.17) is 21.4 Å². The molecule has 1 atom stereocenters. The molecule has 2 rings (SSSR count). The van der Waals surface area contributed by atoms with Crippen molar-refractivity contribution in [2.24, 2.45) is 5.92 Å². The van der Waals surface area contributed by atoms with Crippen molar-refractivity contribution in [2.75, 3.05) is 26.2 Å². The highest BCUT2D eigenvalue weighted by atomic mass is 35.5. The lowest BCUT2D eigenvalue weighted by atomic mass is 9.98. The van der Waals surface area contributed by atoms with E-state index >= 15 is 0 Å². The number of hydrogen-bond donors (Lipinski definition) is 1. The van der Waals surface area contributed by atoms with Crippen LogP contribution in [0.1, 0.15) is 12.8 Å². The molecule has 1 aromatic carbocycles. The van der Waals surface area contributed by atoms with E-state index in [0.717, 1.165) is 25.9 Å². The van der Waals surface area contributed by atoms with Crippen molar-refractivity contribution in [3.05, 3.63) is 29.3 Å². The fourth-order valence-corrected chi connectivity index (χ4v) is 2.50. The zero-order valence-corrected chi connectivity index (χ0v) is 11.5. The molecule has 1 heterocycles. The smallest absolute Gasteiger partial charge is 0.307 e. The van der Waals surface area contributed by atoms with Gasteiger partial charge in [0.2, 0.25) is 0 Å². The fraction of sp³-hybridized carbons (Fsp3) is 0.500. The van der Waals surface area contributed by atoms with Crippen LogP contribution in [-0.2, 0) is 4.79 Å². The van der Waals surface area contributed by atoms with Crippen molar-refractivity contribution in [1.29, 1.82) is 0 Å². The van der Waals surface area contributed by atoms with E-state index in [1.54, 1.807) is 6.07 Å². The van der Waals surface area contributed by atoms with E-state index in [9.17, 15) is 4.79 Å². The van der Waals surface area contributed by atoms with Crippen molar-refractivity contribution < 1.29 is 14.6 Å². The molecule has 0 aromatic heterocycles. The molecule has 0 bridgehead atoms. The molecule has 19 heavy (non-hydrogen) atoms. The highest BCUT2D eigenvalue weighted by Gasteiger charge is 2.24. The van der Waals surface area contributed by atoms with Crippen molar-refractivity contribution in [3.63, 3.8) is 0 Å². The molecule has 0 aliphatic carbocycles. The van der Waals surface area contributed by atoms with Crippen LogP contribution in [0, 0.1) is 5.92 Å². The van der Waals surface area contributed by atoms with Gasteiger partial charge in [0.25, 0.3) is 0 Å². The first kappa shape index (κ1) is 14.2. The van der Waals surface area contributed by atoms with Crippen LogP contribution in [0.3, 0.4) is 0 Å². The molecule has 1 saturated heterocycles. The van der Waals surface area contributed by atoms with Gasteiger partial charge in [0, 0.05) is 13.1 Å². The lowest BCUT2D eigenvalue weighted by Crippen LogP contribution is -2.40. The lowest BCUT2D eigenvalue weighted by Gasteiger charge is -2.30. The number of ether oxygens (including phenoxy) is 1. The molecule has 1 N–H and O–H groups in total. The van der Waals surface area contributed by atoms with Crippen molar-refractivity contribution in [2.45, 2.75) is 12.8 Å². The lowest BCUT2D eigenvalue weighted by molar-refractivity contribution is -0.143. The molecular formula is C14H18ClNO3. The number of carboxylic acids is 1. The summed E-state index contributed by atoms with van der Waals surface area (Å²) in [7, 11) is 0. The van der Waals surface area contributed by atoms with Crippen LogP contribution in [0.4, 0.5) is 0 Å². The van der Waals surface area contributed by atoms with E-state index in [1.165, 1.54) is 0 Å². The Morgan fingerprint density at radius 2 is 2.26 bits per heavy atom. The Labute approximate surface area is 117 Å². The van der Waals surface area contributed by atoms with Gasteiger partial charge in [-0.25, -0.2) is 0 Å². The van der Waals surface area contributed by atoms with Gasteiger partial charge in [-0.15, -0.1) is 0 Å². The minimum atomic E-state index is -0.697. The van der Waals surface area contributed by atoms with E-state index in [-0.39, 0.29) is 5.92 Å². The number of aliphatic carboxylic acids is 1. The van der Waals surface area contributed by atoms with Crippen molar-refractivity contribution >= 4 is 17.6 Å². The van der Waals surface area contributed by atoms with Gasteiger partial charge >= 0.3 is 5.97 Å². The van der Waals surface area contributed by atoms with E-state index < -0.39 is 5.97 Å². The van der Waals surface area contributed by atoms with E-state index in [1.807, 2.05) is 18.2 Å². The molecule has 1 aromatic rings. The summed E-state index contributed by atoms with van der Waals surface area (Å²) in [6.45, 7) is 2.81. The molecule has 1 aliphatic heterocycles.